The SMILES string of the molecule is COc1cc(C(c2c(N)nc(SC)[nH]c2=O)c2c(N)nc(SC)[nH]c2=O)ccc1O. The van der Waals surface area contributed by atoms with E-state index in [2.05, 4.69) is 19.9 Å². The van der Waals surface area contributed by atoms with Gasteiger partial charge in [0.15, 0.2) is 21.8 Å². The number of aromatic nitrogens is 4. The topological polar surface area (TPSA) is 173 Å². The highest BCUT2D eigenvalue weighted by molar-refractivity contribution is 7.98. The van der Waals surface area contributed by atoms with Crippen LogP contribution in [0.4, 0.5) is 11.6 Å². The van der Waals surface area contributed by atoms with E-state index in [9.17, 15) is 14.7 Å². The zero-order valence-electron chi connectivity index (χ0n) is 16.3. The van der Waals surface area contributed by atoms with Gasteiger partial charge in [-0.15, -0.1) is 0 Å². The van der Waals surface area contributed by atoms with E-state index in [1.54, 1.807) is 18.6 Å². The summed E-state index contributed by atoms with van der Waals surface area (Å²) in [6, 6.07) is 4.44. The van der Waals surface area contributed by atoms with Gasteiger partial charge in [0.1, 0.15) is 11.6 Å². The van der Waals surface area contributed by atoms with E-state index in [0.29, 0.717) is 15.9 Å². The highest BCUT2D eigenvalue weighted by Gasteiger charge is 2.30. The van der Waals surface area contributed by atoms with Gasteiger partial charge in [0.25, 0.3) is 11.1 Å². The summed E-state index contributed by atoms with van der Waals surface area (Å²) in [5, 5.41) is 10.6. The number of rotatable bonds is 6. The number of benzene rings is 1. The van der Waals surface area contributed by atoms with E-state index in [4.69, 9.17) is 16.2 Å². The number of aromatic amines is 2. The van der Waals surface area contributed by atoms with Crippen molar-refractivity contribution in [1.29, 1.82) is 0 Å². The molecule has 2 aromatic heterocycles. The van der Waals surface area contributed by atoms with E-state index >= 15 is 0 Å². The Balaban J connectivity index is 2.38. The quantitative estimate of drug-likeness (QED) is 0.274. The minimum atomic E-state index is -1.00. The van der Waals surface area contributed by atoms with Crippen LogP contribution < -0.4 is 27.3 Å². The summed E-state index contributed by atoms with van der Waals surface area (Å²) in [5.74, 6) is -1.04. The minimum Gasteiger partial charge on any atom is -0.504 e. The first kappa shape index (κ1) is 21.6. The van der Waals surface area contributed by atoms with Gasteiger partial charge in [0, 0.05) is 0 Å². The number of phenolic OH excluding ortho intramolecular Hbond substituents is 1. The average molecular weight is 449 g/mol. The van der Waals surface area contributed by atoms with Crippen molar-refractivity contribution in [2.45, 2.75) is 16.2 Å². The standard InChI is InChI=1S/C18H20N6O4S2/c1-28-9-6-7(4-5-8(9)25)10(11-13(19)21-17(29-2)23-15(11)26)12-14(20)22-18(30-3)24-16(12)27/h4-6,10,25H,1-3H3,(H3,19,21,23,26)(H3,20,22,24,27). The molecule has 0 radical (unpaired) electrons. The summed E-state index contributed by atoms with van der Waals surface area (Å²) in [7, 11) is 1.39. The molecule has 3 aromatic rings. The first-order valence-electron chi connectivity index (χ1n) is 8.54. The molecule has 30 heavy (non-hydrogen) atoms. The highest BCUT2D eigenvalue weighted by atomic mass is 32.2. The molecular formula is C18H20N6O4S2. The normalized spacial score (nSPS) is 11.1. The molecule has 2 heterocycles. The summed E-state index contributed by atoms with van der Waals surface area (Å²) in [6.45, 7) is 0. The molecule has 0 aliphatic carbocycles. The van der Waals surface area contributed by atoms with Crippen LogP contribution in [0.3, 0.4) is 0 Å². The van der Waals surface area contributed by atoms with Crippen molar-refractivity contribution in [3.8, 4) is 11.5 Å². The molecule has 0 saturated carbocycles. The number of phenols is 1. The lowest BCUT2D eigenvalue weighted by Crippen LogP contribution is -2.28. The number of thioether (sulfide) groups is 2. The molecule has 7 N–H and O–H groups in total. The molecule has 0 fully saturated rings. The van der Waals surface area contributed by atoms with Crippen molar-refractivity contribution in [2.75, 3.05) is 31.1 Å². The summed E-state index contributed by atoms with van der Waals surface area (Å²) in [4.78, 5) is 39.6. The van der Waals surface area contributed by atoms with Gasteiger partial charge in [-0.25, -0.2) is 9.97 Å². The van der Waals surface area contributed by atoms with E-state index in [1.807, 2.05) is 0 Å². The third-order valence-corrected chi connectivity index (χ3v) is 5.59. The van der Waals surface area contributed by atoms with Crippen LogP contribution in [-0.4, -0.2) is 44.7 Å². The predicted octanol–water partition coefficient (Wildman–Crippen LogP) is 1.36. The Hall–Kier alpha value is -3.12. The Bertz CT molecular complexity index is 1140. The first-order valence-corrected chi connectivity index (χ1v) is 11.0. The van der Waals surface area contributed by atoms with Crippen LogP contribution in [0.2, 0.25) is 0 Å². The molecule has 0 unspecified atom stereocenters. The highest BCUT2D eigenvalue weighted by Crippen LogP contribution is 2.37. The van der Waals surface area contributed by atoms with E-state index in [-0.39, 0.29) is 34.3 Å². The molecule has 0 amide bonds. The lowest BCUT2D eigenvalue weighted by molar-refractivity contribution is 0.373. The van der Waals surface area contributed by atoms with Gasteiger partial charge >= 0.3 is 0 Å². The van der Waals surface area contributed by atoms with Crippen molar-refractivity contribution in [2.24, 2.45) is 0 Å². The number of nitrogens with two attached hydrogens (primary N) is 2. The molecule has 10 nitrogen and oxygen atoms in total. The monoisotopic (exact) mass is 448 g/mol. The van der Waals surface area contributed by atoms with Crippen molar-refractivity contribution in [3.63, 3.8) is 0 Å². The summed E-state index contributed by atoms with van der Waals surface area (Å²) < 4.78 is 5.18. The van der Waals surface area contributed by atoms with Crippen LogP contribution in [0.25, 0.3) is 0 Å². The number of hydrogen-bond donors (Lipinski definition) is 5. The van der Waals surface area contributed by atoms with E-state index in [1.165, 1.54) is 42.8 Å². The Morgan fingerprint density at radius 3 is 1.90 bits per heavy atom. The van der Waals surface area contributed by atoms with Crippen LogP contribution in [0.5, 0.6) is 11.5 Å². The number of hydrogen-bond acceptors (Lipinski definition) is 10. The van der Waals surface area contributed by atoms with Gasteiger partial charge < -0.3 is 31.3 Å². The number of anilines is 2. The maximum absolute atomic E-state index is 12.9. The van der Waals surface area contributed by atoms with Crippen LogP contribution in [0.15, 0.2) is 38.1 Å². The van der Waals surface area contributed by atoms with Crippen LogP contribution in [0, 0.1) is 0 Å². The molecular weight excluding hydrogens is 428 g/mol. The van der Waals surface area contributed by atoms with Crippen LogP contribution in [0.1, 0.15) is 22.6 Å². The molecule has 3 rings (SSSR count). The largest absolute Gasteiger partial charge is 0.504 e. The molecule has 0 aliphatic rings. The van der Waals surface area contributed by atoms with E-state index < -0.39 is 17.0 Å². The second kappa shape index (κ2) is 8.71. The van der Waals surface area contributed by atoms with Crippen molar-refractivity contribution < 1.29 is 9.84 Å². The predicted molar refractivity (Wildman–Crippen MR) is 118 cm³/mol. The first-order chi connectivity index (χ1) is 14.3. The molecule has 0 spiro atoms. The third kappa shape index (κ3) is 3.96. The Kier molecular flexibility index (Phi) is 6.27. The Morgan fingerprint density at radius 1 is 1.00 bits per heavy atom. The van der Waals surface area contributed by atoms with Crippen molar-refractivity contribution in [3.05, 3.63) is 55.6 Å². The molecule has 0 bridgehead atoms. The van der Waals surface area contributed by atoms with Gasteiger partial charge in [-0.1, -0.05) is 29.6 Å². The van der Waals surface area contributed by atoms with Gasteiger partial charge in [-0.05, 0) is 30.2 Å². The second-order valence-electron chi connectivity index (χ2n) is 6.11. The second-order valence-corrected chi connectivity index (χ2v) is 7.70. The smallest absolute Gasteiger partial charge is 0.257 e. The number of nitrogen functional groups attached to an aromatic ring is 2. The maximum atomic E-state index is 12.9. The molecule has 158 valence electrons. The zero-order chi connectivity index (χ0) is 22.0. The zero-order valence-corrected chi connectivity index (χ0v) is 18.0. The lowest BCUT2D eigenvalue weighted by atomic mass is 9.86. The number of aromatic hydroxyl groups is 1. The fraction of sp³-hybridized carbons (Fsp3) is 0.222. The van der Waals surface area contributed by atoms with Crippen molar-refractivity contribution >= 4 is 35.2 Å². The Labute approximate surface area is 179 Å². The number of nitrogens with one attached hydrogen (secondary N) is 2. The number of ether oxygens (including phenoxy) is 1. The third-order valence-electron chi connectivity index (χ3n) is 4.43. The molecule has 0 saturated heterocycles. The van der Waals surface area contributed by atoms with Crippen LogP contribution >= 0.6 is 23.5 Å². The summed E-state index contributed by atoms with van der Waals surface area (Å²) in [6.07, 6.45) is 3.49. The molecule has 1 aromatic carbocycles. The molecule has 0 aliphatic heterocycles. The number of H-pyrrole nitrogens is 2. The van der Waals surface area contributed by atoms with Gasteiger partial charge in [-0.3, -0.25) is 9.59 Å². The fourth-order valence-corrected chi connectivity index (χ4v) is 3.83. The van der Waals surface area contributed by atoms with Crippen molar-refractivity contribution in [1.82, 2.24) is 19.9 Å². The Morgan fingerprint density at radius 2 is 1.50 bits per heavy atom. The van der Waals surface area contributed by atoms with Gasteiger partial charge in [0.2, 0.25) is 0 Å². The molecule has 12 heteroatoms. The summed E-state index contributed by atoms with van der Waals surface area (Å²) in [5.41, 5.74) is 11.7. The maximum Gasteiger partial charge on any atom is 0.257 e. The fourth-order valence-electron chi connectivity index (χ4n) is 3.06. The lowest BCUT2D eigenvalue weighted by Gasteiger charge is -2.20. The van der Waals surface area contributed by atoms with Gasteiger partial charge in [0.05, 0.1) is 24.2 Å². The van der Waals surface area contributed by atoms with Gasteiger partial charge in [-0.2, -0.15) is 0 Å². The minimum absolute atomic E-state index is 0.0384. The van der Waals surface area contributed by atoms with E-state index in [0.717, 1.165) is 0 Å². The average Bonchev–Trinajstić information content (AvgIpc) is 2.71. The van der Waals surface area contributed by atoms with Crippen LogP contribution in [-0.2, 0) is 0 Å². The number of methoxy groups -OCH3 is 1. The number of nitrogens with zero attached hydrogens (tertiary/aromatic N) is 2. The summed E-state index contributed by atoms with van der Waals surface area (Å²) >= 11 is 2.44. The molecule has 0 atom stereocenters.